The molecule has 0 aliphatic carbocycles. The number of amides is 1. The number of nitrogens with zero attached hydrogens (tertiary/aromatic N) is 1. The molecule has 1 unspecified atom stereocenters. The Labute approximate surface area is 251 Å². The van der Waals surface area contributed by atoms with Crippen molar-refractivity contribution in [3.63, 3.8) is 0 Å². The maximum absolute atomic E-state index is 12.8. The molecular weight excluding hydrogens is 584 g/mol. The summed E-state index contributed by atoms with van der Waals surface area (Å²) < 4.78 is 33.2. The molecule has 2 aromatic rings. The molecule has 5 atom stereocenters. The molecule has 1 heterocycles. The summed E-state index contributed by atoms with van der Waals surface area (Å²) in [4.78, 5) is 70.8. The summed E-state index contributed by atoms with van der Waals surface area (Å²) in [7, 11) is 0. The Hall–Kier alpha value is -4.89. The summed E-state index contributed by atoms with van der Waals surface area (Å²) in [6, 6.07) is 10.2. The Morgan fingerprint density at radius 1 is 0.864 bits per heavy atom. The van der Waals surface area contributed by atoms with Crippen LogP contribution >= 0.6 is 0 Å². The van der Waals surface area contributed by atoms with E-state index in [-0.39, 0.29) is 17.9 Å². The average molecular weight is 617 g/mol. The molecule has 15 nitrogen and oxygen atoms in total. The highest BCUT2D eigenvalue weighted by Gasteiger charge is 2.52. The van der Waals surface area contributed by atoms with Crippen LogP contribution in [0.1, 0.15) is 49.2 Å². The van der Waals surface area contributed by atoms with Crippen LogP contribution in [0, 0.1) is 17.0 Å². The van der Waals surface area contributed by atoms with Gasteiger partial charge in [0.15, 0.2) is 24.6 Å². The standard InChI is InChI=1S/C29H32N2O13/c1-15-21(9-7-11-23(15)30-28(36)20-8-6-10-22(12-20)31(37)38)13-40-29-27(43-19(5)35)26(42-18(4)34)25(41-17(3)33)24(44-29)14-39-16(2)32/h6-12,24-27,29H,13-14H2,1-5H3,(H,30,36)/t24-,25-,26+,27-,29?/m1/s1. The van der Waals surface area contributed by atoms with Crippen LogP contribution in [0.15, 0.2) is 42.5 Å². The molecule has 1 aliphatic rings. The van der Waals surface area contributed by atoms with Gasteiger partial charge in [-0.2, -0.15) is 0 Å². The lowest BCUT2D eigenvalue weighted by atomic mass is 9.98. The summed E-state index contributed by atoms with van der Waals surface area (Å²) in [6.07, 6.45) is -6.68. The van der Waals surface area contributed by atoms with Crippen LogP contribution in [0.4, 0.5) is 11.4 Å². The molecule has 0 radical (unpaired) electrons. The van der Waals surface area contributed by atoms with Gasteiger partial charge in [0.1, 0.15) is 12.7 Å². The molecule has 1 saturated heterocycles. The Morgan fingerprint density at radius 2 is 1.48 bits per heavy atom. The maximum atomic E-state index is 12.8. The second kappa shape index (κ2) is 15.0. The molecule has 0 spiro atoms. The predicted octanol–water partition coefficient (Wildman–Crippen LogP) is 2.76. The number of benzene rings is 2. The quantitative estimate of drug-likeness (QED) is 0.168. The number of nitrogens with one attached hydrogen (secondary N) is 1. The van der Waals surface area contributed by atoms with Crippen molar-refractivity contribution in [1.29, 1.82) is 0 Å². The molecule has 0 saturated carbocycles. The summed E-state index contributed by atoms with van der Waals surface area (Å²) >= 11 is 0. The Bertz CT molecular complexity index is 1430. The smallest absolute Gasteiger partial charge is 0.303 e. The van der Waals surface area contributed by atoms with Gasteiger partial charge in [-0.25, -0.2) is 0 Å². The molecule has 44 heavy (non-hydrogen) atoms. The van der Waals surface area contributed by atoms with Gasteiger partial charge in [-0.3, -0.25) is 34.1 Å². The fourth-order valence-corrected chi connectivity index (χ4v) is 4.43. The van der Waals surface area contributed by atoms with E-state index in [0.717, 1.165) is 33.8 Å². The molecule has 3 rings (SSSR count). The third kappa shape index (κ3) is 9.05. The number of carbonyl (C=O) groups is 5. The van der Waals surface area contributed by atoms with Crippen molar-refractivity contribution in [2.24, 2.45) is 0 Å². The van der Waals surface area contributed by atoms with Gasteiger partial charge in [-0.1, -0.05) is 18.2 Å². The molecular formula is C29H32N2O13. The molecule has 0 bridgehead atoms. The van der Waals surface area contributed by atoms with E-state index < -0.39 is 72.0 Å². The first-order valence-electron chi connectivity index (χ1n) is 13.3. The van der Waals surface area contributed by atoms with Gasteiger partial charge in [-0.15, -0.1) is 0 Å². The predicted molar refractivity (Wildman–Crippen MR) is 149 cm³/mol. The second-order valence-electron chi connectivity index (χ2n) is 9.73. The van der Waals surface area contributed by atoms with Crippen molar-refractivity contribution in [3.05, 3.63) is 69.3 Å². The SMILES string of the molecule is CC(=O)OC[C@H]1OC(OCc2cccc(NC(=O)c3cccc([N+](=O)[O-])c3)c2C)[C@H](OC(C)=O)[C@@H](OC(C)=O)[C@@H]1OC(C)=O. The molecule has 236 valence electrons. The minimum Gasteiger partial charge on any atom is -0.463 e. The molecule has 2 aromatic carbocycles. The maximum Gasteiger partial charge on any atom is 0.303 e. The molecule has 1 amide bonds. The van der Waals surface area contributed by atoms with E-state index >= 15 is 0 Å². The number of hydrogen-bond acceptors (Lipinski definition) is 13. The summed E-state index contributed by atoms with van der Waals surface area (Å²) in [5.41, 5.74) is 1.38. The lowest BCUT2D eigenvalue weighted by molar-refractivity contribution is -0.384. The van der Waals surface area contributed by atoms with Crippen molar-refractivity contribution >= 4 is 41.2 Å². The number of ether oxygens (including phenoxy) is 6. The fourth-order valence-electron chi connectivity index (χ4n) is 4.43. The Kier molecular flexibility index (Phi) is 11.5. The van der Waals surface area contributed by atoms with E-state index in [9.17, 15) is 34.1 Å². The van der Waals surface area contributed by atoms with E-state index in [1.54, 1.807) is 25.1 Å². The molecule has 15 heteroatoms. The minimum atomic E-state index is -1.40. The lowest BCUT2D eigenvalue weighted by Crippen LogP contribution is -2.62. The van der Waals surface area contributed by atoms with Gasteiger partial charge in [0.25, 0.3) is 11.6 Å². The molecule has 1 aliphatic heterocycles. The van der Waals surface area contributed by atoms with Crippen LogP contribution in [0.2, 0.25) is 0 Å². The average Bonchev–Trinajstić information content (AvgIpc) is 2.94. The van der Waals surface area contributed by atoms with Crippen LogP contribution in [0.5, 0.6) is 0 Å². The van der Waals surface area contributed by atoms with Crippen molar-refractivity contribution in [2.75, 3.05) is 11.9 Å². The first-order valence-corrected chi connectivity index (χ1v) is 13.3. The lowest BCUT2D eigenvalue weighted by Gasteiger charge is -2.44. The van der Waals surface area contributed by atoms with Crippen LogP contribution in [0.3, 0.4) is 0 Å². The number of non-ortho nitro benzene ring substituents is 1. The first-order chi connectivity index (χ1) is 20.8. The Balaban J connectivity index is 1.87. The van der Waals surface area contributed by atoms with E-state index in [0.29, 0.717) is 16.8 Å². The zero-order valence-electron chi connectivity index (χ0n) is 24.6. The number of rotatable bonds is 11. The fraction of sp³-hybridized carbons (Fsp3) is 0.414. The highest BCUT2D eigenvalue weighted by Crippen LogP contribution is 2.31. The largest absolute Gasteiger partial charge is 0.463 e. The highest BCUT2D eigenvalue weighted by atomic mass is 16.7. The van der Waals surface area contributed by atoms with Gasteiger partial charge < -0.3 is 33.7 Å². The van der Waals surface area contributed by atoms with Crippen molar-refractivity contribution in [3.8, 4) is 0 Å². The monoisotopic (exact) mass is 616 g/mol. The Morgan fingerprint density at radius 3 is 2.09 bits per heavy atom. The first kappa shape index (κ1) is 33.6. The van der Waals surface area contributed by atoms with Crippen LogP contribution in [0.25, 0.3) is 0 Å². The van der Waals surface area contributed by atoms with E-state index in [1.165, 1.54) is 18.2 Å². The van der Waals surface area contributed by atoms with E-state index in [2.05, 4.69) is 5.32 Å². The number of hydrogen-bond donors (Lipinski definition) is 1. The van der Waals surface area contributed by atoms with Crippen LogP contribution < -0.4 is 5.32 Å². The minimum absolute atomic E-state index is 0.0813. The van der Waals surface area contributed by atoms with Crippen LogP contribution in [-0.4, -0.2) is 72.0 Å². The number of esters is 4. The normalized spacial score (nSPS) is 21.0. The summed E-state index contributed by atoms with van der Waals surface area (Å²) in [5.74, 6) is -3.54. The second-order valence-corrected chi connectivity index (χ2v) is 9.73. The molecule has 1 fully saturated rings. The molecule has 1 N–H and O–H groups in total. The van der Waals surface area contributed by atoms with E-state index in [4.69, 9.17) is 28.4 Å². The summed E-state index contributed by atoms with van der Waals surface area (Å²) in [6.45, 7) is 5.64. The van der Waals surface area contributed by atoms with E-state index in [1.807, 2.05) is 0 Å². The number of carbonyl (C=O) groups excluding carboxylic acids is 5. The number of anilines is 1. The van der Waals surface area contributed by atoms with Crippen molar-refractivity contribution in [1.82, 2.24) is 0 Å². The van der Waals surface area contributed by atoms with Gasteiger partial charge >= 0.3 is 23.9 Å². The van der Waals surface area contributed by atoms with Gasteiger partial charge in [0.05, 0.1) is 11.5 Å². The van der Waals surface area contributed by atoms with Gasteiger partial charge in [0, 0.05) is 51.1 Å². The van der Waals surface area contributed by atoms with Crippen LogP contribution in [-0.2, 0) is 54.2 Å². The third-order valence-electron chi connectivity index (χ3n) is 6.36. The highest BCUT2D eigenvalue weighted by molar-refractivity contribution is 6.05. The zero-order valence-corrected chi connectivity index (χ0v) is 24.6. The number of nitro benzene ring substituents is 1. The van der Waals surface area contributed by atoms with Crippen molar-refractivity contribution < 1.29 is 57.3 Å². The van der Waals surface area contributed by atoms with Crippen molar-refractivity contribution in [2.45, 2.75) is 71.9 Å². The van der Waals surface area contributed by atoms with Gasteiger partial charge in [-0.05, 0) is 30.2 Å². The third-order valence-corrected chi connectivity index (χ3v) is 6.36. The molecule has 0 aromatic heterocycles. The topological polar surface area (TPSA) is 196 Å². The summed E-state index contributed by atoms with van der Waals surface area (Å²) in [5, 5.41) is 13.8. The number of nitro groups is 1. The zero-order chi connectivity index (χ0) is 32.6. The van der Waals surface area contributed by atoms with Gasteiger partial charge in [0.2, 0.25) is 0 Å².